The first-order valence-corrected chi connectivity index (χ1v) is 22.8. The monoisotopic (exact) mass is 890 g/mol. The average molecular weight is 891 g/mol. The van der Waals surface area contributed by atoms with Crippen LogP contribution >= 0.6 is 0 Å². The molecule has 0 spiro atoms. The minimum absolute atomic E-state index is 0.0779. The van der Waals surface area contributed by atoms with E-state index < -0.39 is 30.9 Å². The maximum Gasteiger partial charge on any atom is 0.206 e. The minimum atomic E-state index is -3.86. The number of benzene rings is 7. The lowest BCUT2D eigenvalue weighted by molar-refractivity contribution is 0.143. The number of sulfone groups is 2. The van der Waals surface area contributed by atoms with Gasteiger partial charge in [0.1, 0.15) is 57.2 Å². The minimum Gasteiger partial charge on any atom is -0.457 e. The fourth-order valence-electron chi connectivity index (χ4n) is 5.86. The molecule has 0 radical (unpaired) electrons. The normalized spacial score (nSPS) is 11.6. The molecule has 7 aromatic carbocycles. The van der Waals surface area contributed by atoms with Crippen molar-refractivity contribution >= 4 is 19.7 Å². The van der Waals surface area contributed by atoms with Gasteiger partial charge in [0.05, 0.1) is 19.6 Å². The van der Waals surface area contributed by atoms with Crippen LogP contribution in [0.15, 0.2) is 189 Å². The van der Waals surface area contributed by atoms with Gasteiger partial charge < -0.3 is 29.2 Å². The predicted octanol–water partition coefficient (Wildman–Crippen LogP) is 10.8. The Morgan fingerprint density at radius 3 is 0.984 bits per heavy atom. The molecule has 0 saturated heterocycles. The molecule has 0 heterocycles. The summed E-state index contributed by atoms with van der Waals surface area (Å²) in [6.07, 6.45) is 0. The Bertz CT molecular complexity index is 3110. The molecule has 0 saturated carbocycles. The van der Waals surface area contributed by atoms with Crippen molar-refractivity contribution in [2.24, 2.45) is 0 Å². The molecule has 0 amide bonds. The fraction of sp³-hybridized carbons (Fsp3) is 0.115. The van der Waals surface area contributed by atoms with Crippen LogP contribution in [0.3, 0.4) is 0 Å². The molecule has 0 aromatic heterocycles. The Hall–Kier alpha value is -7.32. The van der Waals surface area contributed by atoms with Crippen molar-refractivity contribution in [2.75, 3.05) is 0 Å². The quantitative estimate of drug-likeness (QED) is 0.114. The molecule has 0 bridgehead atoms. The Morgan fingerprint density at radius 2 is 0.641 bits per heavy atom. The maximum absolute atomic E-state index is 13.5. The van der Waals surface area contributed by atoms with Gasteiger partial charge in [-0.15, -0.1) is 0 Å². The number of rotatable bonds is 12. The highest BCUT2D eigenvalue weighted by molar-refractivity contribution is 7.91. The van der Waals surface area contributed by atoms with Gasteiger partial charge in [-0.05, 0) is 179 Å². The molecule has 0 atom stereocenters. The van der Waals surface area contributed by atoms with Gasteiger partial charge in [-0.2, -0.15) is 0 Å². The van der Waals surface area contributed by atoms with Crippen molar-refractivity contribution in [2.45, 2.75) is 58.5 Å². The van der Waals surface area contributed by atoms with Gasteiger partial charge in [-0.3, -0.25) is 0 Å². The van der Waals surface area contributed by atoms with Crippen molar-refractivity contribution in [1.82, 2.24) is 0 Å². The smallest absolute Gasteiger partial charge is 0.206 e. The van der Waals surface area contributed by atoms with Crippen LogP contribution in [-0.4, -0.2) is 38.3 Å². The van der Waals surface area contributed by atoms with E-state index in [9.17, 15) is 27.0 Å². The van der Waals surface area contributed by atoms with Crippen LogP contribution in [0.25, 0.3) is 0 Å². The summed E-state index contributed by atoms with van der Waals surface area (Å²) in [5.41, 5.74) is -0.853. The second-order valence-electron chi connectivity index (χ2n) is 15.4. The molecule has 322 valence electrons. The third kappa shape index (κ3) is 12.0. The molecule has 7 rings (SSSR count). The summed E-state index contributed by atoms with van der Waals surface area (Å²) in [7, 11) is -7.71. The molecule has 0 fully saturated rings. The van der Waals surface area contributed by atoms with E-state index in [2.05, 4.69) is 23.7 Å². The largest absolute Gasteiger partial charge is 0.457 e. The van der Waals surface area contributed by atoms with E-state index in [4.69, 9.17) is 18.9 Å². The Morgan fingerprint density at radius 1 is 0.359 bits per heavy atom. The fourth-order valence-corrected chi connectivity index (χ4v) is 8.38. The molecular weight excluding hydrogens is 849 g/mol. The zero-order valence-corrected chi connectivity index (χ0v) is 36.8. The summed E-state index contributed by atoms with van der Waals surface area (Å²) >= 11 is 0. The molecule has 0 unspecified atom stereocenters. The van der Waals surface area contributed by atoms with Gasteiger partial charge in [-0.25, -0.2) is 16.8 Å². The van der Waals surface area contributed by atoms with E-state index in [0.717, 1.165) is 5.56 Å². The molecule has 0 aliphatic rings. The van der Waals surface area contributed by atoms with Crippen LogP contribution < -0.4 is 18.9 Å². The van der Waals surface area contributed by atoms with Crippen molar-refractivity contribution in [1.29, 1.82) is 0 Å². The van der Waals surface area contributed by atoms with Crippen molar-refractivity contribution in [3.63, 3.8) is 0 Å². The van der Waals surface area contributed by atoms with E-state index in [-0.39, 0.29) is 19.6 Å². The van der Waals surface area contributed by atoms with Crippen molar-refractivity contribution in [3.8, 4) is 69.7 Å². The van der Waals surface area contributed by atoms with Crippen LogP contribution in [0.2, 0.25) is 0 Å². The maximum atomic E-state index is 13.5. The van der Waals surface area contributed by atoms with E-state index in [1.165, 1.54) is 48.5 Å². The third-order valence-electron chi connectivity index (χ3n) is 9.00. The summed E-state index contributed by atoms with van der Waals surface area (Å²) in [5.74, 6) is 14.9. The molecule has 0 aliphatic carbocycles. The highest BCUT2D eigenvalue weighted by Gasteiger charge is 2.20. The first kappa shape index (κ1) is 44.7. The summed E-state index contributed by atoms with van der Waals surface area (Å²) < 4.78 is 77.6. The van der Waals surface area contributed by atoms with Crippen LogP contribution in [-0.2, 0) is 19.7 Å². The molecular formula is C52H42O10S2. The molecule has 64 heavy (non-hydrogen) atoms. The van der Waals surface area contributed by atoms with Gasteiger partial charge in [0.15, 0.2) is 0 Å². The second-order valence-corrected chi connectivity index (χ2v) is 19.3. The number of hydrogen-bond donors (Lipinski definition) is 2. The lowest BCUT2D eigenvalue weighted by atomic mass is 10.1. The molecule has 12 heteroatoms. The number of ether oxygens (including phenoxy) is 4. The summed E-state index contributed by atoms with van der Waals surface area (Å²) in [4.78, 5) is 0.340. The van der Waals surface area contributed by atoms with Crippen LogP contribution in [0.4, 0.5) is 0 Å². The Labute approximate surface area is 373 Å². The lowest BCUT2D eigenvalue weighted by Gasteiger charge is -2.11. The SMILES string of the molecule is CC(C)(O)C#Cc1ccc(Oc2ccc(S(=O)(=O)c3ccc(Oc4cccc(Oc5ccc(S(=O)(=O)c6ccc(Oc7cccc(C#CC(C)(C)O)c7)cc6)cc5)c4)cc3)cc2)cc1. The first-order valence-electron chi connectivity index (χ1n) is 19.8. The van der Waals surface area contributed by atoms with Crippen molar-refractivity contribution in [3.05, 3.63) is 181 Å². The van der Waals surface area contributed by atoms with Crippen LogP contribution in [0.1, 0.15) is 38.8 Å². The van der Waals surface area contributed by atoms with Gasteiger partial charge >= 0.3 is 0 Å². The zero-order chi connectivity index (χ0) is 45.5. The molecule has 10 nitrogen and oxygen atoms in total. The zero-order valence-electron chi connectivity index (χ0n) is 35.1. The van der Waals surface area contributed by atoms with Gasteiger partial charge in [0.2, 0.25) is 19.7 Å². The second kappa shape index (κ2) is 18.6. The average Bonchev–Trinajstić information content (AvgIpc) is 3.26. The predicted molar refractivity (Wildman–Crippen MR) is 243 cm³/mol. The highest BCUT2D eigenvalue weighted by atomic mass is 32.2. The van der Waals surface area contributed by atoms with Gasteiger partial charge in [0.25, 0.3) is 0 Å². The third-order valence-corrected chi connectivity index (χ3v) is 12.6. The molecule has 0 aliphatic heterocycles. The Balaban J connectivity index is 0.935. The molecule has 7 aromatic rings. The van der Waals surface area contributed by atoms with Crippen LogP contribution in [0.5, 0.6) is 46.0 Å². The standard InChI is InChI=1S/C52H42O10S2/c1-51(2,53)33-31-37-11-13-39(14-12-37)59-40-15-23-47(24-16-40)63(55,56)49-27-19-42(20-28-49)61-45-9-6-10-46(36-45)62-43-21-29-50(30-22-43)64(57,58)48-25-17-41(18-26-48)60-44-8-5-7-38(35-44)32-34-52(3,4)54/h5-30,35-36,53-54H,1-4H3. The molecule has 2 N–H and O–H groups in total. The van der Waals surface area contributed by atoms with Crippen LogP contribution in [0, 0.1) is 23.7 Å². The van der Waals surface area contributed by atoms with Crippen molar-refractivity contribution < 1.29 is 46.0 Å². The summed E-state index contributed by atoms with van der Waals surface area (Å²) in [6, 6.07) is 45.2. The van der Waals surface area contributed by atoms with E-state index in [1.807, 2.05) is 0 Å². The van der Waals surface area contributed by atoms with E-state index >= 15 is 0 Å². The number of aliphatic hydroxyl groups is 2. The first-order chi connectivity index (χ1) is 30.4. The van der Waals surface area contributed by atoms with E-state index in [0.29, 0.717) is 51.6 Å². The Kier molecular flexibility index (Phi) is 13.0. The lowest BCUT2D eigenvalue weighted by Crippen LogP contribution is -2.14. The highest BCUT2D eigenvalue weighted by Crippen LogP contribution is 2.33. The van der Waals surface area contributed by atoms with Gasteiger partial charge in [-0.1, -0.05) is 35.8 Å². The summed E-state index contributed by atoms with van der Waals surface area (Å²) in [6.45, 7) is 6.41. The van der Waals surface area contributed by atoms with Gasteiger partial charge in [0, 0.05) is 17.2 Å². The topological polar surface area (TPSA) is 146 Å². The van der Waals surface area contributed by atoms with E-state index in [1.54, 1.807) is 149 Å². The number of hydrogen-bond acceptors (Lipinski definition) is 10. The summed E-state index contributed by atoms with van der Waals surface area (Å²) in [5, 5.41) is 19.7.